The maximum atomic E-state index is 11.7. The summed E-state index contributed by atoms with van der Waals surface area (Å²) in [4.78, 5) is 26.0. The largest absolute Gasteiger partial charge is 0.473 e. The van der Waals surface area contributed by atoms with Gasteiger partial charge in [-0.2, -0.15) is 0 Å². The lowest BCUT2D eigenvalue weighted by atomic mass is 9.95. The van der Waals surface area contributed by atoms with Crippen molar-refractivity contribution in [1.82, 2.24) is 15.0 Å². The third kappa shape index (κ3) is 4.01. The Labute approximate surface area is 172 Å². The third-order valence-electron chi connectivity index (χ3n) is 5.21. The summed E-state index contributed by atoms with van der Waals surface area (Å²) < 4.78 is 11.6. The third-order valence-corrected chi connectivity index (χ3v) is 6.42. The molecule has 3 heterocycles. The molecule has 1 fully saturated rings. The van der Waals surface area contributed by atoms with Gasteiger partial charge in [0.2, 0.25) is 5.88 Å². The van der Waals surface area contributed by atoms with Crippen LogP contribution in [-0.2, 0) is 4.74 Å². The lowest BCUT2D eigenvalue weighted by molar-refractivity contribution is 0.0317. The molecule has 3 aromatic rings. The fourth-order valence-electron chi connectivity index (χ4n) is 3.65. The predicted molar refractivity (Wildman–Crippen MR) is 112 cm³/mol. The molecule has 1 amide bonds. The van der Waals surface area contributed by atoms with E-state index < -0.39 is 5.91 Å². The number of hydrogen-bond donors (Lipinski definition) is 2. The van der Waals surface area contributed by atoms with E-state index in [2.05, 4.69) is 20.3 Å². The van der Waals surface area contributed by atoms with Crippen LogP contribution in [0.4, 0.5) is 11.5 Å². The average Bonchev–Trinajstić information content (AvgIpc) is 3.08. The summed E-state index contributed by atoms with van der Waals surface area (Å²) in [5.41, 5.74) is 6.98. The van der Waals surface area contributed by atoms with Gasteiger partial charge in [-0.1, -0.05) is 0 Å². The summed E-state index contributed by atoms with van der Waals surface area (Å²) in [6.07, 6.45) is 7.40. The smallest absolute Gasteiger partial charge is 0.259 e. The minimum atomic E-state index is -0.464. The molecule has 3 N–H and O–H groups in total. The molecule has 0 bridgehead atoms. The molecular formula is C20H23N5O3S. The van der Waals surface area contributed by atoms with Gasteiger partial charge in [-0.05, 0) is 50.3 Å². The Morgan fingerprint density at radius 2 is 1.97 bits per heavy atom. The molecule has 8 nitrogen and oxygen atoms in total. The second kappa shape index (κ2) is 8.30. The first kappa shape index (κ1) is 19.5. The van der Waals surface area contributed by atoms with Gasteiger partial charge in [0.1, 0.15) is 28.8 Å². The highest BCUT2D eigenvalue weighted by atomic mass is 32.1. The number of nitrogens with two attached hydrogens (primary N) is 1. The van der Waals surface area contributed by atoms with Gasteiger partial charge >= 0.3 is 0 Å². The standard InChI is InChI=1S/C20H23N5O3S/c1-11-15-18(23-10-24-20(15)29-16(11)17(21)26)25-14-4-3-9-22-19(14)28-13-7-5-12(27-2)6-8-13/h3-4,9-10,12-13H,5-8H2,1-2H3,(H2,21,26)(H,23,24,25). The number of carbonyl (C=O) groups excluding carboxylic acids is 1. The van der Waals surface area contributed by atoms with Crippen LogP contribution in [0.2, 0.25) is 0 Å². The number of nitrogens with one attached hydrogen (secondary N) is 1. The van der Waals surface area contributed by atoms with Crippen molar-refractivity contribution in [3.05, 3.63) is 35.1 Å². The zero-order valence-electron chi connectivity index (χ0n) is 16.3. The van der Waals surface area contributed by atoms with E-state index in [1.807, 2.05) is 19.1 Å². The molecular weight excluding hydrogens is 390 g/mol. The molecule has 0 unspecified atom stereocenters. The number of aromatic nitrogens is 3. The van der Waals surface area contributed by atoms with Crippen LogP contribution >= 0.6 is 11.3 Å². The van der Waals surface area contributed by atoms with Crippen LogP contribution in [0.1, 0.15) is 40.9 Å². The van der Waals surface area contributed by atoms with E-state index in [0.717, 1.165) is 36.6 Å². The van der Waals surface area contributed by atoms with E-state index >= 15 is 0 Å². The molecule has 0 aliphatic heterocycles. The van der Waals surface area contributed by atoms with Gasteiger partial charge in [0.25, 0.3) is 5.91 Å². The van der Waals surface area contributed by atoms with Crippen LogP contribution in [0.5, 0.6) is 5.88 Å². The number of aryl methyl sites for hydroxylation is 1. The lowest BCUT2D eigenvalue weighted by Crippen LogP contribution is -2.28. The lowest BCUT2D eigenvalue weighted by Gasteiger charge is -2.28. The van der Waals surface area contributed by atoms with Gasteiger partial charge in [0.05, 0.1) is 16.4 Å². The van der Waals surface area contributed by atoms with Crippen molar-refractivity contribution >= 4 is 39.0 Å². The van der Waals surface area contributed by atoms with Crippen LogP contribution in [0.15, 0.2) is 24.7 Å². The number of thiophene rings is 1. The van der Waals surface area contributed by atoms with Crippen molar-refractivity contribution in [3.63, 3.8) is 0 Å². The quantitative estimate of drug-likeness (QED) is 0.635. The van der Waals surface area contributed by atoms with Gasteiger partial charge in [0, 0.05) is 13.3 Å². The maximum absolute atomic E-state index is 11.7. The fraction of sp³-hybridized carbons (Fsp3) is 0.400. The number of carbonyl (C=O) groups is 1. The average molecular weight is 414 g/mol. The first-order chi connectivity index (χ1) is 14.1. The summed E-state index contributed by atoms with van der Waals surface area (Å²) in [5, 5.41) is 4.09. The van der Waals surface area contributed by atoms with Gasteiger partial charge in [-0.15, -0.1) is 11.3 Å². The van der Waals surface area contributed by atoms with Crippen molar-refractivity contribution < 1.29 is 14.3 Å². The van der Waals surface area contributed by atoms with Crippen molar-refractivity contribution in [1.29, 1.82) is 0 Å². The van der Waals surface area contributed by atoms with E-state index in [9.17, 15) is 4.79 Å². The van der Waals surface area contributed by atoms with Gasteiger partial charge in [-0.25, -0.2) is 15.0 Å². The maximum Gasteiger partial charge on any atom is 0.259 e. The second-order valence-electron chi connectivity index (χ2n) is 7.06. The summed E-state index contributed by atoms with van der Waals surface area (Å²) in [6.45, 7) is 1.85. The molecule has 0 atom stereocenters. The van der Waals surface area contributed by atoms with E-state index in [1.54, 1.807) is 13.3 Å². The van der Waals surface area contributed by atoms with Crippen LogP contribution in [0.3, 0.4) is 0 Å². The van der Waals surface area contributed by atoms with Crippen LogP contribution in [-0.4, -0.2) is 40.2 Å². The molecule has 0 aromatic carbocycles. The molecule has 0 spiro atoms. The number of nitrogens with zero attached hydrogens (tertiary/aromatic N) is 3. The highest BCUT2D eigenvalue weighted by Crippen LogP contribution is 2.36. The predicted octanol–water partition coefficient (Wildman–Crippen LogP) is 3.57. The van der Waals surface area contributed by atoms with E-state index in [4.69, 9.17) is 15.2 Å². The Balaban J connectivity index is 1.60. The highest BCUT2D eigenvalue weighted by molar-refractivity contribution is 7.20. The summed E-state index contributed by atoms with van der Waals surface area (Å²) in [7, 11) is 1.76. The number of primary amides is 1. The molecule has 4 rings (SSSR count). The Kier molecular flexibility index (Phi) is 5.59. The number of amides is 1. The number of methoxy groups -OCH3 is 1. The zero-order chi connectivity index (χ0) is 20.4. The number of rotatable bonds is 6. The molecule has 29 heavy (non-hydrogen) atoms. The molecule has 152 valence electrons. The normalized spacial score (nSPS) is 19.2. The minimum absolute atomic E-state index is 0.103. The Hall–Kier alpha value is -2.78. The Morgan fingerprint density at radius 1 is 1.21 bits per heavy atom. The second-order valence-corrected chi connectivity index (χ2v) is 8.06. The van der Waals surface area contributed by atoms with Crippen molar-refractivity contribution in [2.45, 2.75) is 44.8 Å². The van der Waals surface area contributed by atoms with E-state index in [-0.39, 0.29) is 6.10 Å². The summed E-state index contributed by atoms with van der Waals surface area (Å²) >= 11 is 1.27. The first-order valence-corrected chi connectivity index (χ1v) is 10.3. The number of fused-ring (bicyclic) bond motifs is 1. The number of anilines is 2. The summed E-state index contributed by atoms with van der Waals surface area (Å²) in [6, 6.07) is 3.73. The molecule has 1 saturated carbocycles. The topological polar surface area (TPSA) is 112 Å². The molecule has 9 heteroatoms. The van der Waals surface area contributed by atoms with Crippen molar-refractivity contribution in [3.8, 4) is 5.88 Å². The molecule has 1 aliphatic rings. The monoisotopic (exact) mass is 413 g/mol. The number of hydrogen-bond acceptors (Lipinski definition) is 8. The van der Waals surface area contributed by atoms with E-state index in [0.29, 0.717) is 33.2 Å². The molecule has 0 radical (unpaired) electrons. The Bertz CT molecular complexity index is 1030. The van der Waals surface area contributed by atoms with Crippen molar-refractivity contribution in [2.24, 2.45) is 5.73 Å². The van der Waals surface area contributed by atoms with Gasteiger partial charge in [0.15, 0.2) is 0 Å². The molecule has 1 aliphatic carbocycles. The van der Waals surface area contributed by atoms with Crippen LogP contribution < -0.4 is 15.8 Å². The Morgan fingerprint density at radius 3 is 2.69 bits per heavy atom. The van der Waals surface area contributed by atoms with Crippen LogP contribution in [0.25, 0.3) is 10.2 Å². The highest BCUT2D eigenvalue weighted by Gasteiger charge is 2.24. The van der Waals surface area contributed by atoms with Gasteiger partial charge < -0.3 is 20.5 Å². The first-order valence-electron chi connectivity index (χ1n) is 9.52. The van der Waals surface area contributed by atoms with Gasteiger partial charge in [-0.3, -0.25) is 4.79 Å². The van der Waals surface area contributed by atoms with E-state index in [1.165, 1.54) is 17.7 Å². The number of ether oxygens (including phenoxy) is 2. The van der Waals surface area contributed by atoms with Crippen molar-refractivity contribution in [2.75, 3.05) is 12.4 Å². The minimum Gasteiger partial charge on any atom is -0.473 e. The van der Waals surface area contributed by atoms with Crippen LogP contribution in [0, 0.1) is 6.92 Å². The molecule has 3 aromatic heterocycles. The SMILES string of the molecule is COC1CCC(Oc2ncccc2Nc2ncnc3sc(C(N)=O)c(C)c23)CC1. The summed E-state index contributed by atoms with van der Waals surface area (Å²) in [5.74, 6) is 0.661. The zero-order valence-corrected chi connectivity index (χ0v) is 17.2. The fourth-order valence-corrected chi connectivity index (χ4v) is 4.65. The molecule has 0 saturated heterocycles. The number of pyridine rings is 1.